The molecule has 5 aliphatic heterocycles. The van der Waals surface area contributed by atoms with Crippen LogP contribution >= 0.6 is 15.9 Å². The zero-order valence-corrected chi connectivity index (χ0v) is 44.7. The van der Waals surface area contributed by atoms with Crippen LogP contribution in [0.3, 0.4) is 0 Å². The average molecular weight is 1100 g/mol. The Labute approximate surface area is 434 Å². The lowest BCUT2D eigenvalue weighted by molar-refractivity contribution is -0.143. The maximum Gasteiger partial charge on any atom is 0.416 e. The number of halogens is 7. The van der Waals surface area contributed by atoms with Gasteiger partial charge in [-0.1, -0.05) is 47.3 Å². The van der Waals surface area contributed by atoms with Crippen LogP contribution in [0.25, 0.3) is 0 Å². The highest BCUT2D eigenvalue weighted by Gasteiger charge is 2.48. The number of rotatable bonds is 7. The number of carbonyl (C=O) groups is 4. The Morgan fingerprint density at radius 2 is 1.01 bits per heavy atom. The fraction of sp³-hybridized carbons (Fsp3) is 0.698. The van der Waals surface area contributed by atoms with Crippen molar-refractivity contribution in [2.45, 2.75) is 161 Å². The van der Waals surface area contributed by atoms with E-state index in [9.17, 15) is 50.6 Å². The first-order chi connectivity index (χ1) is 33.9. The van der Waals surface area contributed by atoms with E-state index in [0.29, 0.717) is 62.4 Å². The number of hydrogen-bond donors (Lipinski definition) is 2. The maximum atomic E-state index is 13.5. The van der Waals surface area contributed by atoms with Crippen LogP contribution < -0.4 is 4.90 Å². The number of benzene rings is 2. The molecule has 0 aromatic heterocycles. The molecule has 20 heteroatoms. The first kappa shape index (κ1) is 58.0. The summed E-state index contributed by atoms with van der Waals surface area (Å²) in [4.78, 5) is 56.4. The van der Waals surface area contributed by atoms with E-state index in [2.05, 4.69) is 25.7 Å². The molecule has 2 N–H and O–H groups in total. The second kappa shape index (κ2) is 23.3. The van der Waals surface area contributed by atoms with Gasteiger partial charge in [-0.3, -0.25) is 14.6 Å². The van der Waals surface area contributed by atoms with E-state index in [1.54, 1.807) is 20.8 Å². The van der Waals surface area contributed by atoms with Gasteiger partial charge in [0.25, 0.3) is 0 Å². The number of hydrogen-bond acceptors (Lipinski definition) is 9. The lowest BCUT2D eigenvalue weighted by Gasteiger charge is -2.54. The molecular formula is C53H74BrF6N5O8. The third-order valence-corrected chi connectivity index (χ3v) is 15.6. The number of carbonyl (C=O) groups excluding carboxylic acids is 2. The minimum atomic E-state index is -4.50. The Morgan fingerprint density at radius 3 is 1.41 bits per heavy atom. The second-order valence-electron chi connectivity index (χ2n) is 23.1. The van der Waals surface area contributed by atoms with E-state index in [0.717, 1.165) is 126 Å². The zero-order chi connectivity index (χ0) is 53.7. The molecule has 0 bridgehead atoms. The Kier molecular flexibility index (Phi) is 18.5. The van der Waals surface area contributed by atoms with Gasteiger partial charge >= 0.3 is 36.5 Å². The number of carboxylic acids is 2. The van der Waals surface area contributed by atoms with Gasteiger partial charge in [0.2, 0.25) is 0 Å². The summed E-state index contributed by atoms with van der Waals surface area (Å²) in [5, 5.41) is 18.2. The van der Waals surface area contributed by atoms with Crippen molar-refractivity contribution in [3.63, 3.8) is 0 Å². The number of likely N-dealkylation sites (tertiary alicyclic amines) is 4. The smallest absolute Gasteiger partial charge is 0.416 e. The van der Waals surface area contributed by atoms with Crippen molar-refractivity contribution in [1.29, 1.82) is 0 Å². The molecule has 8 rings (SSSR count). The topological polar surface area (TPSA) is 143 Å². The molecule has 1 aliphatic carbocycles. The fourth-order valence-electron chi connectivity index (χ4n) is 10.9. The molecule has 13 nitrogen and oxygen atoms in total. The van der Waals surface area contributed by atoms with Gasteiger partial charge in [0.05, 0.1) is 17.0 Å². The molecule has 2 amide bonds. The SMILES string of the molecule is CC(C)(C)OC(=O)N1CCC2(CC1)CN(Cc1ccc(C(F)(F)F)cc1Br)C2.CC(C)(C)OC(=O)N1CCC2(CC1)CN(Cc1ccc(C(F)(F)F)cc1N1CCCCC1C(=O)O)C2.O=C(O)C1CCCCC1. The van der Waals surface area contributed by atoms with E-state index in [1.165, 1.54) is 12.5 Å². The van der Waals surface area contributed by atoms with Crippen LogP contribution in [0, 0.1) is 16.7 Å². The van der Waals surface area contributed by atoms with Crippen molar-refractivity contribution in [2.75, 3.05) is 63.8 Å². The van der Waals surface area contributed by atoms with Crippen LogP contribution in [0.4, 0.5) is 41.6 Å². The number of anilines is 1. The average Bonchev–Trinajstić information content (AvgIpc) is 3.28. The predicted molar refractivity (Wildman–Crippen MR) is 267 cm³/mol. The first-order valence-corrected chi connectivity index (χ1v) is 26.4. The van der Waals surface area contributed by atoms with Crippen molar-refractivity contribution in [3.05, 3.63) is 63.1 Å². The van der Waals surface area contributed by atoms with Crippen molar-refractivity contribution < 1.29 is 65.2 Å². The van der Waals surface area contributed by atoms with Crippen LogP contribution in [0.15, 0.2) is 40.9 Å². The third-order valence-electron chi connectivity index (χ3n) is 14.8. The molecule has 2 spiro atoms. The fourth-order valence-corrected chi connectivity index (χ4v) is 11.4. The summed E-state index contributed by atoms with van der Waals surface area (Å²) < 4.78 is 90.3. The Balaban J connectivity index is 0.000000207. The summed E-state index contributed by atoms with van der Waals surface area (Å²) in [6.45, 7) is 18.7. The van der Waals surface area contributed by atoms with Crippen LogP contribution in [0.2, 0.25) is 0 Å². The summed E-state index contributed by atoms with van der Waals surface area (Å²) in [5.74, 6) is -1.63. The third kappa shape index (κ3) is 16.1. The van der Waals surface area contributed by atoms with E-state index in [-0.39, 0.29) is 28.9 Å². The highest BCUT2D eigenvalue weighted by molar-refractivity contribution is 9.10. The van der Waals surface area contributed by atoms with Crippen molar-refractivity contribution in [2.24, 2.45) is 16.7 Å². The summed E-state index contributed by atoms with van der Waals surface area (Å²) in [6, 6.07) is 6.71. The van der Waals surface area contributed by atoms with Gasteiger partial charge in [0.1, 0.15) is 17.2 Å². The highest BCUT2D eigenvalue weighted by atomic mass is 79.9. The number of carboxylic acid groups (broad SMARTS) is 2. The van der Waals surface area contributed by atoms with E-state index < -0.39 is 52.7 Å². The number of ether oxygens (including phenoxy) is 2. The minimum Gasteiger partial charge on any atom is -0.481 e. The molecule has 73 heavy (non-hydrogen) atoms. The lowest BCUT2D eigenvalue weighted by Crippen LogP contribution is -2.60. The van der Waals surface area contributed by atoms with Gasteiger partial charge in [0, 0.05) is 82.2 Å². The number of aliphatic carboxylic acids is 2. The van der Waals surface area contributed by atoms with Gasteiger partial charge in [-0.25, -0.2) is 14.4 Å². The monoisotopic (exact) mass is 1100 g/mol. The Morgan fingerprint density at radius 1 is 0.589 bits per heavy atom. The maximum absolute atomic E-state index is 13.5. The second-order valence-corrected chi connectivity index (χ2v) is 23.9. The predicted octanol–water partition coefficient (Wildman–Crippen LogP) is 11.9. The summed E-state index contributed by atoms with van der Waals surface area (Å²) in [7, 11) is 0. The van der Waals surface area contributed by atoms with Gasteiger partial charge < -0.3 is 34.4 Å². The lowest BCUT2D eigenvalue weighted by atomic mass is 9.72. The largest absolute Gasteiger partial charge is 0.481 e. The van der Waals surface area contributed by atoms with E-state index >= 15 is 0 Å². The molecule has 1 saturated carbocycles. The molecule has 5 saturated heterocycles. The van der Waals surface area contributed by atoms with Crippen molar-refractivity contribution >= 4 is 45.7 Å². The molecular weight excluding hydrogens is 1030 g/mol. The van der Waals surface area contributed by atoms with Crippen molar-refractivity contribution in [1.82, 2.24) is 19.6 Å². The number of piperidine rings is 3. The van der Waals surface area contributed by atoms with Gasteiger partial charge in [-0.2, -0.15) is 26.3 Å². The van der Waals surface area contributed by atoms with Gasteiger partial charge in [-0.15, -0.1) is 0 Å². The van der Waals surface area contributed by atoms with Gasteiger partial charge in [-0.05, 0) is 146 Å². The number of amides is 2. The first-order valence-electron chi connectivity index (χ1n) is 25.6. The highest BCUT2D eigenvalue weighted by Crippen LogP contribution is 2.45. The summed E-state index contributed by atoms with van der Waals surface area (Å²) >= 11 is 3.27. The van der Waals surface area contributed by atoms with Crippen LogP contribution in [0.5, 0.6) is 0 Å². The normalized spacial score (nSPS) is 21.7. The Bertz CT molecular complexity index is 2230. The quantitative estimate of drug-likeness (QED) is 0.256. The molecule has 2 aromatic rings. The van der Waals surface area contributed by atoms with Gasteiger partial charge in [0.15, 0.2) is 0 Å². The molecule has 5 heterocycles. The molecule has 2 aromatic carbocycles. The van der Waals surface area contributed by atoms with E-state index in [4.69, 9.17) is 14.6 Å². The van der Waals surface area contributed by atoms with Crippen molar-refractivity contribution in [3.8, 4) is 0 Å². The standard InChI is InChI=1S/C26H36F3N3O4.C20H26BrF3N2O2.C7H12O2/c1-24(2,3)36-23(35)31-12-9-25(10-13-31)16-30(17-25)15-18-7-8-19(26(27,28)29)14-21(18)32-11-5-4-6-20(32)22(33)34;1-18(2,3)28-17(27)26-8-6-19(7-9-26)12-25(13-19)11-14-4-5-15(10-16(14)21)20(22,23)24;8-7(9)6-4-2-1-3-5-6/h7-8,14,20H,4-6,9-13,15-17H2,1-3H3,(H,33,34);4-5,10H,6-9,11-13H2,1-3H3;6H,1-5H2,(H,8,9). The van der Waals surface area contributed by atoms with Crippen LogP contribution in [0.1, 0.15) is 141 Å². The van der Waals surface area contributed by atoms with Crippen LogP contribution in [-0.4, -0.2) is 130 Å². The number of alkyl halides is 6. The van der Waals surface area contributed by atoms with E-state index in [1.807, 2.05) is 41.5 Å². The minimum absolute atomic E-state index is 0.0289. The molecule has 408 valence electrons. The molecule has 1 unspecified atom stereocenters. The van der Waals surface area contributed by atoms with Crippen LogP contribution in [-0.2, 0) is 44.5 Å². The summed E-state index contributed by atoms with van der Waals surface area (Å²) in [6.07, 6.45) is 1.35. The molecule has 0 radical (unpaired) electrons. The molecule has 6 fully saturated rings. The molecule has 6 aliphatic rings. The number of nitrogens with zero attached hydrogens (tertiary/aromatic N) is 5. The summed E-state index contributed by atoms with van der Waals surface area (Å²) in [5.41, 5.74) is -0.176. The molecule has 1 atom stereocenters. The Hall–Kier alpha value is -4.30. The zero-order valence-electron chi connectivity index (χ0n) is 43.1.